The minimum Gasteiger partial charge on any atom is -0.497 e. The molecule has 0 aliphatic heterocycles. The van der Waals surface area contributed by atoms with Crippen molar-refractivity contribution >= 4 is 11.9 Å². The van der Waals surface area contributed by atoms with Crippen LogP contribution >= 0.6 is 0 Å². The van der Waals surface area contributed by atoms with E-state index in [0.717, 1.165) is 18.3 Å². The Balaban J connectivity index is 1.78. The lowest BCUT2D eigenvalue weighted by Crippen LogP contribution is -2.06. The second-order valence-corrected chi connectivity index (χ2v) is 6.38. The van der Waals surface area contributed by atoms with Crippen LogP contribution < -0.4 is 4.74 Å². The van der Waals surface area contributed by atoms with Crippen LogP contribution in [0.3, 0.4) is 0 Å². The summed E-state index contributed by atoms with van der Waals surface area (Å²) in [5.41, 5.74) is 0.430. The van der Waals surface area contributed by atoms with E-state index in [2.05, 4.69) is 6.58 Å². The van der Waals surface area contributed by atoms with Gasteiger partial charge >= 0.3 is 11.9 Å². The van der Waals surface area contributed by atoms with Gasteiger partial charge in [-0.3, -0.25) is 0 Å². The molecule has 0 aromatic heterocycles. The fourth-order valence-corrected chi connectivity index (χ4v) is 2.52. The van der Waals surface area contributed by atoms with Crippen LogP contribution in [0.5, 0.6) is 5.75 Å². The molecule has 1 atom stereocenters. The summed E-state index contributed by atoms with van der Waals surface area (Å²) in [6.45, 7) is 6.14. The molecule has 2 rings (SSSR count). The second-order valence-electron chi connectivity index (χ2n) is 6.38. The van der Waals surface area contributed by atoms with Gasteiger partial charge in [0.15, 0.2) is 0 Å². The van der Waals surface area contributed by atoms with Gasteiger partial charge in [0, 0.05) is 6.08 Å². The molecule has 1 aromatic rings. The number of methoxy groups -OCH3 is 1. The van der Waals surface area contributed by atoms with Gasteiger partial charge in [0.2, 0.25) is 0 Å². The third kappa shape index (κ3) is 7.70. The largest absolute Gasteiger partial charge is 0.497 e. The number of allylic oxidation sites excluding steroid dienone is 4. The molecule has 0 saturated heterocycles. The van der Waals surface area contributed by atoms with Crippen molar-refractivity contribution in [2.24, 2.45) is 5.92 Å². The van der Waals surface area contributed by atoms with Crippen LogP contribution in [-0.4, -0.2) is 32.3 Å². The molecule has 0 heterocycles. The van der Waals surface area contributed by atoms with Crippen molar-refractivity contribution in [3.8, 4) is 5.75 Å². The monoisotopic (exact) mass is 398 g/mol. The molecule has 154 valence electrons. The van der Waals surface area contributed by atoms with Gasteiger partial charge in [0.25, 0.3) is 0 Å². The van der Waals surface area contributed by atoms with Gasteiger partial charge in [0.05, 0.1) is 25.9 Å². The van der Waals surface area contributed by atoms with Crippen LogP contribution in [0.2, 0.25) is 0 Å². The fourth-order valence-electron chi connectivity index (χ4n) is 2.52. The third-order valence-electron chi connectivity index (χ3n) is 4.02. The summed E-state index contributed by atoms with van der Waals surface area (Å²) in [7, 11) is 1.60. The maximum atomic E-state index is 12.4. The highest BCUT2D eigenvalue weighted by atomic mass is 16.5. The highest BCUT2D eigenvalue weighted by molar-refractivity contribution is 5.90. The van der Waals surface area contributed by atoms with Gasteiger partial charge in [-0.1, -0.05) is 13.5 Å². The zero-order chi connectivity index (χ0) is 21.1. The third-order valence-corrected chi connectivity index (χ3v) is 4.02. The lowest BCUT2D eigenvalue weighted by atomic mass is 10.1. The van der Waals surface area contributed by atoms with Crippen molar-refractivity contribution in [3.05, 3.63) is 78.3 Å². The Labute approximate surface area is 171 Å². The van der Waals surface area contributed by atoms with Crippen molar-refractivity contribution in [3.63, 3.8) is 0 Å². The molecular weight excluding hydrogens is 372 g/mol. The summed E-state index contributed by atoms with van der Waals surface area (Å²) >= 11 is 0. The quantitative estimate of drug-likeness (QED) is 0.331. The van der Waals surface area contributed by atoms with E-state index in [9.17, 15) is 9.59 Å². The summed E-state index contributed by atoms with van der Waals surface area (Å²) < 4.78 is 21.2. The first-order valence-corrected chi connectivity index (χ1v) is 9.41. The molecule has 29 heavy (non-hydrogen) atoms. The van der Waals surface area contributed by atoms with Crippen LogP contribution in [0.15, 0.2) is 72.7 Å². The van der Waals surface area contributed by atoms with Gasteiger partial charge < -0.3 is 18.9 Å². The van der Waals surface area contributed by atoms with Crippen LogP contribution in [0.25, 0.3) is 0 Å². The molecule has 1 aromatic carbocycles. The molecule has 0 bridgehead atoms. The Morgan fingerprint density at radius 2 is 1.69 bits per heavy atom. The lowest BCUT2D eigenvalue weighted by Gasteiger charge is -2.08. The summed E-state index contributed by atoms with van der Waals surface area (Å²) in [4.78, 5) is 23.3. The predicted octanol–water partition coefficient (Wildman–Crippen LogP) is 4.35. The molecule has 0 amide bonds. The first-order chi connectivity index (χ1) is 14.0. The van der Waals surface area contributed by atoms with E-state index in [-0.39, 0.29) is 5.92 Å². The number of ether oxygens (including phenoxy) is 4. The van der Waals surface area contributed by atoms with Gasteiger partial charge in [-0.15, -0.1) is 0 Å². The Morgan fingerprint density at radius 3 is 2.38 bits per heavy atom. The minimum atomic E-state index is -0.440. The maximum absolute atomic E-state index is 12.4. The van der Waals surface area contributed by atoms with Gasteiger partial charge in [-0.2, -0.15) is 0 Å². The lowest BCUT2D eigenvalue weighted by molar-refractivity contribution is -0.137. The summed E-state index contributed by atoms with van der Waals surface area (Å²) in [5.74, 6) is 1.07. The van der Waals surface area contributed by atoms with Gasteiger partial charge in [0.1, 0.15) is 17.3 Å². The zero-order valence-electron chi connectivity index (χ0n) is 16.8. The molecule has 0 radical (unpaired) electrons. The fraction of sp³-hybridized carbons (Fsp3) is 0.304. The average molecular weight is 398 g/mol. The van der Waals surface area contributed by atoms with Crippen molar-refractivity contribution in [1.82, 2.24) is 0 Å². The zero-order valence-corrected chi connectivity index (χ0v) is 16.8. The molecule has 1 aliphatic rings. The summed E-state index contributed by atoms with van der Waals surface area (Å²) in [6.07, 6.45) is 9.84. The van der Waals surface area contributed by atoms with Crippen LogP contribution in [0.4, 0.5) is 0 Å². The van der Waals surface area contributed by atoms with Gasteiger partial charge in [-0.25, -0.2) is 9.59 Å². The molecule has 0 spiro atoms. The molecular formula is C23H26O6. The average Bonchev–Trinajstić information content (AvgIpc) is 2.91. The topological polar surface area (TPSA) is 71.1 Å². The molecule has 6 nitrogen and oxygen atoms in total. The number of hydrogen-bond donors (Lipinski definition) is 0. The van der Waals surface area contributed by atoms with Crippen molar-refractivity contribution in [2.45, 2.75) is 19.8 Å². The first-order valence-electron chi connectivity index (χ1n) is 9.41. The van der Waals surface area contributed by atoms with E-state index in [0.29, 0.717) is 36.7 Å². The number of rotatable bonds is 10. The Kier molecular flexibility index (Phi) is 8.76. The van der Waals surface area contributed by atoms with Crippen LogP contribution in [-0.2, 0) is 19.0 Å². The predicted molar refractivity (Wildman–Crippen MR) is 109 cm³/mol. The van der Waals surface area contributed by atoms with E-state index in [1.165, 1.54) is 0 Å². The second kappa shape index (κ2) is 11.5. The molecule has 0 saturated carbocycles. The minimum absolute atomic E-state index is 0.0822. The molecule has 0 N–H and O–H groups in total. The molecule has 1 unspecified atom stereocenters. The van der Waals surface area contributed by atoms with E-state index >= 15 is 0 Å². The van der Waals surface area contributed by atoms with Gasteiger partial charge in [-0.05, 0) is 67.3 Å². The van der Waals surface area contributed by atoms with E-state index in [1.54, 1.807) is 43.5 Å². The number of carbonyl (C=O) groups excluding carboxylic acids is 2. The Morgan fingerprint density at radius 1 is 1.03 bits per heavy atom. The Hall–Kier alpha value is -3.28. The molecule has 0 fully saturated rings. The summed E-state index contributed by atoms with van der Waals surface area (Å²) in [6, 6.07) is 6.76. The number of unbranched alkanes of at least 4 members (excludes halogenated alkanes) is 1. The van der Waals surface area contributed by atoms with E-state index in [4.69, 9.17) is 18.9 Å². The number of carbonyl (C=O) groups is 2. The van der Waals surface area contributed by atoms with Crippen LogP contribution in [0.1, 0.15) is 30.1 Å². The SMILES string of the molecule is C=CC(=O)OCCCCOc1ccc(C(=O)OC2=CC(C)C=C(OC)C=C2)cc1. The maximum Gasteiger partial charge on any atom is 0.343 e. The highest BCUT2D eigenvalue weighted by Gasteiger charge is 2.12. The van der Waals surface area contributed by atoms with Crippen molar-refractivity contribution in [2.75, 3.05) is 20.3 Å². The van der Waals surface area contributed by atoms with Crippen molar-refractivity contribution < 1.29 is 28.5 Å². The number of esters is 2. The van der Waals surface area contributed by atoms with E-state index in [1.807, 2.05) is 19.1 Å². The smallest absolute Gasteiger partial charge is 0.343 e. The normalized spacial score (nSPS) is 15.4. The number of hydrogen-bond acceptors (Lipinski definition) is 6. The summed E-state index contributed by atoms with van der Waals surface area (Å²) in [5, 5.41) is 0. The Bertz CT molecular complexity index is 801. The van der Waals surface area contributed by atoms with Crippen LogP contribution in [0, 0.1) is 5.92 Å². The number of benzene rings is 1. The molecule has 6 heteroatoms. The highest BCUT2D eigenvalue weighted by Crippen LogP contribution is 2.19. The first kappa shape index (κ1) is 22.0. The van der Waals surface area contributed by atoms with E-state index < -0.39 is 11.9 Å². The standard InChI is InChI=1S/C23H26O6/c1-4-22(24)28-14-6-5-13-27-19-9-7-18(8-10-19)23(25)29-21-12-11-20(26-3)15-17(2)16-21/h4,7-12,15-17H,1,5-6,13-14H2,2-3H3. The molecule has 1 aliphatic carbocycles. The van der Waals surface area contributed by atoms with Crippen molar-refractivity contribution in [1.29, 1.82) is 0 Å².